The molecule has 2 aliphatic heterocycles. The molecule has 2 rings (SSSR count). The molecule has 0 aromatic carbocycles. The minimum atomic E-state index is -0.787. The van der Waals surface area contributed by atoms with E-state index in [1.165, 1.54) is 5.01 Å². The van der Waals surface area contributed by atoms with E-state index >= 15 is 0 Å². The van der Waals surface area contributed by atoms with Crippen molar-refractivity contribution in [3.8, 4) is 0 Å². The smallest absolute Gasteiger partial charge is 0.324 e. The maximum atomic E-state index is 12.9. The first-order valence-corrected chi connectivity index (χ1v) is 12.7. The second-order valence-corrected chi connectivity index (χ2v) is 9.59. The summed E-state index contributed by atoms with van der Waals surface area (Å²) in [5.74, 6) is -2.03. The molecule has 0 aliphatic carbocycles. The number of hydrazine groups is 1. The molecule has 3 amide bonds. The maximum absolute atomic E-state index is 12.9. The van der Waals surface area contributed by atoms with E-state index in [0.717, 1.165) is 25.7 Å². The van der Waals surface area contributed by atoms with Crippen LogP contribution in [-0.4, -0.2) is 73.7 Å². The topological polar surface area (TPSA) is 126 Å². The van der Waals surface area contributed by atoms with Crippen LogP contribution < -0.4 is 16.1 Å². The highest BCUT2D eigenvalue weighted by Crippen LogP contribution is 2.16. The fourth-order valence-electron chi connectivity index (χ4n) is 4.20. The zero-order valence-corrected chi connectivity index (χ0v) is 21.5. The number of nitrogens with one attached hydrogen (secondary N) is 3. The zero-order valence-electron chi connectivity index (χ0n) is 21.5. The molecule has 0 aromatic heterocycles. The van der Waals surface area contributed by atoms with Gasteiger partial charge in [0.15, 0.2) is 0 Å². The fraction of sp³-hybridized carbons (Fsp3) is 0.760. The molecule has 2 bridgehead atoms. The molecule has 1 fully saturated rings. The van der Waals surface area contributed by atoms with Crippen LogP contribution in [0, 0.1) is 11.8 Å². The quantitative estimate of drug-likeness (QED) is 0.392. The molecule has 35 heavy (non-hydrogen) atoms. The highest BCUT2D eigenvalue weighted by molar-refractivity contribution is 5.91. The number of fused-ring (bicyclic) bond motifs is 2. The Morgan fingerprint density at radius 3 is 2.49 bits per heavy atom. The zero-order chi connectivity index (χ0) is 25.8. The van der Waals surface area contributed by atoms with E-state index in [4.69, 9.17) is 9.47 Å². The summed E-state index contributed by atoms with van der Waals surface area (Å²) in [6.07, 6.45) is 9.10. The molecule has 10 nitrogen and oxygen atoms in total. The minimum absolute atomic E-state index is 0.178. The van der Waals surface area contributed by atoms with Crippen LogP contribution in [0.15, 0.2) is 12.2 Å². The third-order valence-electron chi connectivity index (χ3n) is 6.50. The third kappa shape index (κ3) is 9.25. The highest BCUT2D eigenvalue weighted by atomic mass is 16.5. The Kier molecular flexibility index (Phi) is 12.2. The van der Waals surface area contributed by atoms with Crippen LogP contribution in [-0.2, 0) is 28.7 Å². The number of amides is 3. The third-order valence-corrected chi connectivity index (χ3v) is 6.50. The van der Waals surface area contributed by atoms with Gasteiger partial charge in [0.1, 0.15) is 12.1 Å². The number of allylic oxidation sites excluding steroid dienone is 2. The van der Waals surface area contributed by atoms with Gasteiger partial charge in [0.25, 0.3) is 5.91 Å². The Morgan fingerprint density at radius 1 is 1.03 bits per heavy atom. The highest BCUT2D eigenvalue weighted by Gasteiger charge is 2.32. The van der Waals surface area contributed by atoms with Gasteiger partial charge in [-0.3, -0.25) is 24.2 Å². The van der Waals surface area contributed by atoms with Gasteiger partial charge in [-0.2, -0.15) is 0 Å². The maximum Gasteiger partial charge on any atom is 0.324 e. The van der Waals surface area contributed by atoms with E-state index in [-0.39, 0.29) is 36.4 Å². The summed E-state index contributed by atoms with van der Waals surface area (Å²) >= 11 is 0. The number of esters is 1. The Labute approximate surface area is 208 Å². The number of carbonyl (C=O) groups is 4. The molecule has 10 heteroatoms. The molecular formula is C25H42N4O6. The average molecular weight is 495 g/mol. The first kappa shape index (κ1) is 28.8. The summed E-state index contributed by atoms with van der Waals surface area (Å²) in [5, 5.41) is 6.83. The molecule has 1 saturated heterocycles. The van der Waals surface area contributed by atoms with Gasteiger partial charge in [-0.05, 0) is 50.9 Å². The van der Waals surface area contributed by atoms with Gasteiger partial charge in [-0.15, -0.1) is 0 Å². The van der Waals surface area contributed by atoms with Crippen molar-refractivity contribution in [2.75, 3.05) is 26.8 Å². The van der Waals surface area contributed by atoms with Gasteiger partial charge in [0.2, 0.25) is 11.8 Å². The lowest BCUT2D eigenvalue weighted by Gasteiger charge is -2.33. The van der Waals surface area contributed by atoms with E-state index < -0.39 is 23.9 Å². The van der Waals surface area contributed by atoms with Crippen molar-refractivity contribution in [2.24, 2.45) is 11.8 Å². The van der Waals surface area contributed by atoms with Gasteiger partial charge in [0.05, 0.1) is 25.2 Å². The van der Waals surface area contributed by atoms with E-state index in [1.807, 2.05) is 13.8 Å². The summed E-state index contributed by atoms with van der Waals surface area (Å²) in [5.41, 5.74) is 2.93. The normalized spacial score (nSPS) is 29.9. The Bertz CT molecular complexity index is 756. The molecule has 0 aromatic rings. The van der Waals surface area contributed by atoms with E-state index in [9.17, 15) is 19.2 Å². The van der Waals surface area contributed by atoms with Crippen molar-refractivity contribution in [3.63, 3.8) is 0 Å². The van der Waals surface area contributed by atoms with Crippen molar-refractivity contribution in [2.45, 2.75) is 83.9 Å². The number of hydrogen-bond donors (Lipinski definition) is 3. The predicted molar refractivity (Wildman–Crippen MR) is 131 cm³/mol. The van der Waals surface area contributed by atoms with E-state index in [0.29, 0.717) is 32.4 Å². The second kappa shape index (κ2) is 14.8. The van der Waals surface area contributed by atoms with E-state index in [2.05, 4.69) is 28.2 Å². The van der Waals surface area contributed by atoms with Crippen LogP contribution in [0.2, 0.25) is 0 Å². The standard InChI is InChI=1S/C25H42N4O6/c1-17(2)22-24(32)26-16-21(30)29-14-11-12-19(28-29)25(33)35-15-10-8-6-5-7-9-13-20(34-4)18(3)23(31)27-22/h5,7,17-20,22,28H,6,8-16H2,1-4H3,(H,26,32)(H,27,31)/b7-5-. The second-order valence-electron chi connectivity index (χ2n) is 9.59. The average Bonchev–Trinajstić information content (AvgIpc) is 2.85. The van der Waals surface area contributed by atoms with Crippen LogP contribution in [0.3, 0.4) is 0 Å². The number of cyclic esters (lactones) is 1. The number of hydrogen-bond acceptors (Lipinski definition) is 7. The van der Waals surface area contributed by atoms with Crippen molar-refractivity contribution in [3.05, 3.63) is 12.2 Å². The summed E-state index contributed by atoms with van der Waals surface area (Å²) in [4.78, 5) is 50.8. The summed E-state index contributed by atoms with van der Waals surface area (Å²) < 4.78 is 10.9. The van der Waals surface area contributed by atoms with Crippen molar-refractivity contribution in [1.29, 1.82) is 0 Å². The largest absolute Gasteiger partial charge is 0.464 e. The lowest BCUT2D eigenvalue weighted by Crippen LogP contribution is -2.58. The number of ether oxygens (including phenoxy) is 2. The van der Waals surface area contributed by atoms with Crippen LogP contribution in [0.5, 0.6) is 0 Å². The Balaban J connectivity index is 2.11. The Hall–Kier alpha value is -2.46. The van der Waals surface area contributed by atoms with Crippen molar-refractivity contribution >= 4 is 23.7 Å². The van der Waals surface area contributed by atoms with Crippen LogP contribution in [0.1, 0.15) is 65.7 Å². The Morgan fingerprint density at radius 2 is 1.77 bits per heavy atom. The van der Waals surface area contributed by atoms with Crippen LogP contribution in [0.25, 0.3) is 0 Å². The van der Waals surface area contributed by atoms with Crippen LogP contribution in [0.4, 0.5) is 0 Å². The first-order valence-electron chi connectivity index (χ1n) is 12.7. The van der Waals surface area contributed by atoms with Gasteiger partial charge in [0, 0.05) is 13.7 Å². The van der Waals surface area contributed by atoms with Gasteiger partial charge >= 0.3 is 5.97 Å². The number of nitrogens with zero attached hydrogens (tertiary/aromatic N) is 1. The molecule has 2 heterocycles. The van der Waals surface area contributed by atoms with Crippen molar-refractivity contribution in [1.82, 2.24) is 21.1 Å². The first-order chi connectivity index (χ1) is 16.7. The summed E-state index contributed by atoms with van der Waals surface area (Å²) in [7, 11) is 1.58. The van der Waals surface area contributed by atoms with E-state index in [1.54, 1.807) is 14.0 Å². The molecule has 4 unspecified atom stereocenters. The lowest BCUT2D eigenvalue weighted by molar-refractivity contribution is -0.152. The molecule has 2 aliphatic rings. The molecule has 0 saturated carbocycles. The van der Waals surface area contributed by atoms with Gasteiger partial charge in [-0.25, -0.2) is 5.43 Å². The van der Waals surface area contributed by atoms with Gasteiger partial charge in [-0.1, -0.05) is 32.9 Å². The van der Waals surface area contributed by atoms with Gasteiger partial charge < -0.3 is 20.1 Å². The minimum Gasteiger partial charge on any atom is -0.464 e. The predicted octanol–water partition coefficient (Wildman–Crippen LogP) is 1.45. The molecule has 198 valence electrons. The fourth-order valence-corrected chi connectivity index (χ4v) is 4.20. The van der Waals surface area contributed by atoms with Crippen LogP contribution >= 0.6 is 0 Å². The molecule has 3 N–H and O–H groups in total. The number of carbonyl (C=O) groups excluding carboxylic acids is 4. The molecular weight excluding hydrogens is 452 g/mol. The number of rotatable bonds is 2. The number of methoxy groups -OCH3 is 1. The molecule has 0 radical (unpaired) electrons. The summed E-state index contributed by atoms with van der Waals surface area (Å²) in [6.45, 7) is 6.00. The monoisotopic (exact) mass is 494 g/mol. The summed E-state index contributed by atoms with van der Waals surface area (Å²) in [6, 6.07) is -1.37. The molecule has 0 spiro atoms. The van der Waals surface area contributed by atoms with Crippen molar-refractivity contribution < 1.29 is 28.7 Å². The lowest BCUT2D eigenvalue weighted by atomic mass is 9.96. The SMILES string of the molecule is COC1CC/C=C\CCCCOC(=O)C2CCCN(N2)C(=O)CNC(=O)C(C(C)C)NC(=O)C1C. The molecule has 4 atom stereocenters.